The van der Waals surface area contributed by atoms with Crippen LogP contribution in [0.4, 0.5) is 11.5 Å². The average Bonchev–Trinajstić information content (AvgIpc) is 2.56. The number of aromatic nitrogens is 1. The van der Waals surface area contributed by atoms with Crippen molar-refractivity contribution in [3.63, 3.8) is 0 Å². The van der Waals surface area contributed by atoms with Crippen LogP contribution in [0.5, 0.6) is 5.88 Å². The Morgan fingerprint density at radius 2 is 1.77 bits per heavy atom. The van der Waals surface area contributed by atoms with Crippen molar-refractivity contribution in [1.29, 1.82) is 0 Å². The van der Waals surface area contributed by atoms with Gasteiger partial charge in [0.15, 0.2) is 0 Å². The van der Waals surface area contributed by atoms with Gasteiger partial charge in [0, 0.05) is 32.2 Å². The summed E-state index contributed by atoms with van der Waals surface area (Å²) in [5.74, 6) is 1.49. The highest BCUT2D eigenvalue weighted by molar-refractivity contribution is 5.54. The number of nitrogens with zero attached hydrogens (tertiary/aromatic N) is 4. The largest absolute Gasteiger partial charge is 0.479 e. The van der Waals surface area contributed by atoms with Crippen LogP contribution in [-0.2, 0) is 0 Å². The number of pyridine rings is 1. The molecule has 3 heterocycles. The van der Waals surface area contributed by atoms with E-state index in [0.29, 0.717) is 11.6 Å². The first-order valence-electron chi connectivity index (χ1n) is 8.15. The number of hydrogen-bond donors (Lipinski definition) is 1. The van der Waals surface area contributed by atoms with Gasteiger partial charge in [-0.05, 0) is 45.1 Å². The highest BCUT2D eigenvalue weighted by Gasteiger charge is 2.27. The lowest BCUT2D eigenvalue weighted by atomic mass is 10.0. The van der Waals surface area contributed by atoms with Gasteiger partial charge >= 0.3 is 0 Å². The van der Waals surface area contributed by atoms with Gasteiger partial charge in [0.25, 0.3) is 0 Å². The fourth-order valence-corrected chi connectivity index (χ4v) is 3.46. The smallest absolute Gasteiger partial charge is 0.238 e. The normalized spacial score (nSPS) is 22.0. The van der Waals surface area contributed by atoms with Crippen molar-refractivity contribution in [3.05, 3.63) is 12.1 Å². The molecule has 3 rings (SSSR count). The molecule has 0 saturated carbocycles. The Bertz CT molecular complexity index is 493. The van der Waals surface area contributed by atoms with Crippen LogP contribution in [-0.4, -0.2) is 74.3 Å². The maximum Gasteiger partial charge on any atom is 0.238 e. The second kappa shape index (κ2) is 6.71. The van der Waals surface area contributed by atoms with Crippen molar-refractivity contribution in [2.75, 3.05) is 64.1 Å². The van der Waals surface area contributed by atoms with E-state index >= 15 is 0 Å². The Morgan fingerprint density at radius 3 is 2.41 bits per heavy atom. The molecular formula is C16H27N5O. The van der Waals surface area contributed by atoms with Crippen molar-refractivity contribution < 1.29 is 4.74 Å². The molecule has 0 bridgehead atoms. The predicted molar refractivity (Wildman–Crippen MR) is 89.5 cm³/mol. The third kappa shape index (κ3) is 3.28. The van der Waals surface area contributed by atoms with Gasteiger partial charge in [0.1, 0.15) is 5.82 Å². The van der Waals surface area contributed by atoms with Crippen LogP contribution in [0.3, 0.4) is 0 Å². The summed E-state index contributed by atoms with van der Waals surface area (Å²) >= 11 is 0. The highest BCUT2D eigenvalue weighted by Crippen LogP contribution is 2.24. The number of rotatable bonds is 3. The lowest BCUT2D eigenvalue weighted by Crippen LogP contribution is -2.53. The van der Waals surface area contributed by atoms with E-state index in [1.807, 2.05) is 12.1 Å². The van der Waals surface area contributed by atoms with E-state index < -0.39 is 0 Å². The summed E-state index contributed by atoms with van der Waals surface area (Å²) in [6.45, 7) is 6.72. The molecule has 6 heteroatoms. The number of likely N-dealkylation sites (tertiary alicyclic amines) is 1. The highest BCUT2D eigenvalue weighted by atomic mass is 16.5. The van der Waals surface area contributed by atoms with Gasteiger partial charge in [-0.3, -0.25) is 4.90 Å². The van der Waals surface area contributed by atoms with Crippen molar-refractivity contribution in [2.24, 2.45) is 0 Å². The number of methoxy groups -OCH3 is 1. The fraction of sp³-hybridized carbons (Fsp3) is 0.688. The topological polar surface area (TPSA) is 57.9 Å². The van der Waals surface area contributed by atoms with Crippen LogP contribution >= 0.6 is 0 Å². The molecule has 0 atom stereocenters. The lowest BCUT2D eigenvalue weighted by Gasteiger charge is -2.42. The molecule has 6 nitrogen and oxygen atoms in total. The Kier molecular flexibility index (Phi) is 4.69. The van der Waals surface area contributed by atoms with Crippen molar-refractivity contribution >= 4 is 11.5 Å². The van der Waals surface area contributed by atoms with E-state index in [9.17, 15) is 0 Å². The number of nitrogen functional groups attached to an aromatic ring is 1. The second-order valence-electron chi connectivity index (χ2n) is 6.33. The molecule has 2 aliphatic heterocycles. The molecule has 0 radical (unpaired) electrons. The number of hydrogen-bond acceptors (Lipinski definition) is 6. The van der Waals surface area contributed by atoms with Crippen LogP contribution in [0.15, 0.2) is 12.1 Å². The summed E-state index contributed by atoms with van der Waals surface area (Å²) in [5.41, 5.74) is 6.44. The van der Waals surface area contributed by atoms with Crippen LogP contribution in [0.1, 0.15) is 12.8 Å². The minimum Gasteiger partial charge on any atom is -0.479 e. The molecule has 1 aromatic heterocycles. The van der Waals surface area contributed by atoms with E-state index in [1.165, 1.54) is 25.9 Å². The first-order valence-corrected chi connectivity index (χ1v) is 8.15. The minimum absolute atomic E-state index is 0.523. The van der Waals surface area contributed by atoms with Gasteiger partial charge in [-0.25, -0.2) is 0 Å². The molecule has 122 valence electrons. The number of piperazine rings is 1. The molecule has 2 aliphatic rings. The Hall–Kier alpha value is -1.53. The van der Waals surface area contributed by atoms with Crippen LogP contribution < -0.4 is 15.4 Å². The molecule has 0 unspecified atom stereocenters. The molecule has 2 fully saturated rings. The Morgan fingerprint density at radius 1 is 1.09 bits per heavy atom. The summed E-state index contributed by atoms with van der Waals surface area (Å²) < 4.78 is 5.22. The lowest BCUT2D eigenvalue weighted by molar-refractivity contribution is 0.115. The molecular weight excluding hydrogens is 278 g/mol. The van der Waals surface area contributed by atoms with Crippen molar-refractivity contribution in [3.8, 4) is 5.88 Å². The molecule has 0 amide bonds. The first-order chi connectivity index (χ1) is 10.7. The summed E-state index contributed by atoms with van der Waals surface area (Å²) in [4.78, 5) is 11.9. The van der Waals surface area contributed by atoms with Gasteiger partial charge in [-0.15, -0.1) is 0 Å². The zero-order chi connectivity index (χ0) is 15.5. The molecule has 0 aliphatic carbocycles. The van der Waals surface area contributed by atoms with E-state index in [1.54, 1.807) is 7.11 Å². The first kappa shape index (κ1) is 15.4. The summed E-state index contributed by atoms with van der Waals surface area (Å²) in [6.07, 6.45) is 2.59. The average molecular weight is 305 g/mol. The second-order valence-corrected chi connectivity index (χ2v) is 6.33. The van der Waals surface area contributed by atoms with Crippen LogP contribution in [0, 0.1) is 0 Å². The van der Waals surface area contributed by atoms with Crippen LogP contribution in [0.2, 0.25) is 0 Å². The van der Waals surface area contributed by atoms with E-state index in [0.717, 1.165) is 38.0 Å². The summed E-state index contributed by atoms with van der Waals surface area (Å²) in [7, 11) is 3.83. The van der Waals surface area contributed by atoms with Crippen molar-refractivity contribution in [2.45, 2.75) is 18.9 Å². The number of piperidine rings is 1. The molecule has 2 N–H and O–H groups in total. The minimum atomic E-state index is 0.523. The van der Waals surface area contributed by atoms with Crippen molar-refractivity contribution in [1.82, 2.24) is 14.8 Å². The quantitative estimate of drug-likeness (QED) is 0.895. The summed E-state index contributed by atoms with van der Waals surface area (Å²) in [6, 6.07) is 4.63. The fourth-order valence-electron chi connectivity index (χ4n) is 3.46. The van der Waals surface area contributed by atoms with Crippen LogP contribution in [0.25, 0.3) is 0 Å². The monoisotopic (exact) mass is 305 g/mol. The molecule has 2 saturated heterocycles. The van der Waals surface area contributed by atoms with Gasteiger partial charge in [0.05, 0.1) is 12.8 Å². The van der Waals surface area contributed by atoms with Gasteiger partial charge in [-0.2, -0.15) is 4.98 Å². The molecule has 22 heavy (non-hydrogen) atoms. The predicted octanol–water partition coefficient (Wildman–Crippen LogP) is 0.889. The zero-order valence-corrected chi connectivity index (χ0v) is 13.7. The third-order valence-electron chi connectivity index (χ3n) is 4.91. The van der Waals surface area contributed by atoms with Gasteiger partial charge in [0.2, 0.25) is 5.88 Å². The maximum atomic E-state index is 5.84. The standard InChI is InChI=1S/C16H27N5O/c1-19-7-5-13(6-8-19)20-9-11-21(12-10-20)15-4-3-14(17)16(18-15)22-2/h3-4,13H,5-12,17H2,1-2H3. The number of ether oxygens (including phenoxy) is 1. The van der Waals surface area contributed by atoms with E-state index in [2.05, 4.69) is 26.7 Å². The van der Waals surface area contributed by atoms with Gasteiger partial charge < -0.3 is 20.3 Å². The number of anilines is 2. The SMILES string of the molecule is COc1nc(N2CCN(C3CCN(C)CC3)CC2)ccc1N. The zero-order valence-electron chi connectivity index (χ0n) is 13.7. The molecule has 0 aromatic carbocycles. The third-order valence-corrected chi connectivity index (χ3v) is 4.91. The Labute approximate surface area is 132 Å². The number of nitrogens with two attached hydrogens (primary N) is 1. The molecule has 1 aromatic rings. The van der Waals surface area contributed by atoms with E-state index in [-0.39, 0.29) is 0 Å². The molecule has 0 spiro atoms. The maximum absolute atomic E-state index is 5.84. The summed E-state index contributed by atoms with van der Waals surface area (Å²) in [5, 5.41) is 0. The van der Waals surface area contributed by atoms with Gasteiger partial charge in [-0.1, -0.05) is 0 Å². The van der Waals surface area contributed by atoms with E-state index in [4.69, 9.17) is 10.5 Å². The Balaban J connectivity index is 1.57.